The Kier molecular flexibility index (Phi) is 5.18. The van der Waals surface area contributed by atoms with Crippen LogP contribution in [0.15, 0.2) is 0 Å². The number of rotatable bonds is 1. The van der Waals surface area contributed by atoms with E-state index >= 15 is 0 Å². The minimum Gasteiger partial charge on any atom is -0.481 e. The monoisotopic (exact) mass is 472 g/mol. The van der Waals surface area contributed by atoms with Crippen molar-refractivity contribution in [1.82, 2.24) is 0 Å². The van der Waals surface area contributed by atoms with Crippen molar-refractivity contribution in [3.63, 3.8) is 0 Å². The van der Waals surface area contributed by atoms with Crippen molar-refractivity contribution < 1.29 is 19.8 Å². The Bertz CT molecular complexity index is 909. The number of aliphatic carboxylic acids is 1. The summed E-state index contributed by atoms with van der Waals surface area (Å²) in [6.45, 7) is 16.6. The zero-order valence-corrected chi connectivity index (χ0v) is 22.7. The summed E-state index contributed by atoms with van der Waals surface area (Å²) >= 11 is 0. The van der Waals surface area contributed by atoms with E-state index < -0.39 is 17.5 Å². The highest BCUT2D eigenvalue weighted by Gasteiger charge is 2.73. The second kappa shape index (κ2) is 7.11. The number of carboxylic acids is 1. The Morgan fingerprint density at radius 3 is 2.03 bits per heavy atom. The van der Waals surface area contributed by atoms with Crippen LogP contribution in [0.1, 0.15) is 113 Å². The quantitative estimate of drug-likeness (QED) is 0.457. The number of ketones is 1. The number of Topliss-reactive ketones (excluding diaryl/α,β-unsaturated/α-hetero) is 1. The van der Waals surface area contributed by atoms with E-state index in [9.17, 15) is 19.8 Å². The van der Waals surface area contributed by atoms with Crippen LogP contribution in [0.4, 0.5) is 0 Å². The zero-order chi connectivity index (χ0) is 25.1. The lowest BCUT2D eigenvalue weighted by Gasteiger charge is -2.74. The van der Waals surface area contributed by atoms with E-state index in [1.165, 1.54) is 0 Å². The van der Waals surface area contributed by atoms with Gasteiger partial charge in [0.2, 0.25) is 0 Å². The molecule has 0 aromatic carbocycles. The SMILES string of the molecule is CC1C(O)C(=O)CC2C1(C)CCC1C2(C)CCC2(C)C3CC(C)(C)CCC3(C(=O)O)CCC12C. The molecule has 5 saturated carbocycles. The highest BCUT2D eigenvalue weighted by atomic mass is 16.4. The molecule has 0 aliphatic heterocycles. The first-order valence-corrected chi connectivity index (χ1v) is 14.0. The van der Waals surface area contributed by atoms with Crippen LogP contribution in [0.2, 0.25) is 0 Å². The zero-order valence-electron chi connectivity index (χ0n) is 22.7. The van der Waals surface area contributed by atoms with Gasteiger partial charge in [-0.1, -0.05) is 48.5 Å². The lowest BCUT2D eigenvalue weighted by atomic mass is 9.30. The van der Waals surface area contributed by atoms with Crippen LogP contribution in [0.25, 0.3) is 0 Å². The molecule has 0 amide bonds. The highest BCUT2D eigenvalue weighted by Crippen LogP contribution is 2.78. The van der Waals surface area contributed by atoms with E-state index in [0.29, 0.717) is 18.3 Å². The topological polar surface area (TPSA) is 74.6 Å². The molecule has 5 aliphatic rings. The van der Waals surface area contributed by atoms with E-state index in [4.69, 9.17) is 0 Å². The van der Waals surface area contributed by atoms with Crippen molar-refractivity contribution in [2.45, 2.75) is 119 Å². The van der Waals surface area contributed by atoms with Gasteiger partial charge in [0.1, 0.15) is 6.10 Å². The maximum atomic E-state index is 12.9. The number of fused-ring (bicyclic) bond motifs is 7. The van der Waals surface area contributed by atoms with Gasteiger partial charge < -0.3 is 10.2 Å². The standard InChI is InChI=1S/C30H48O4/c1-18-23(32)19(31)16-21-26(18,4)9-8-20-27(21,5)11-12-29(7)22-17-25(2,3)10-14-30(22,24(33)34)15-13-28(20,29)6/h18,20-23,32H,8-17H2,1-7H3,(H,33,34). The maximum absolute atomic E-state index is 12.9. The van der Waals surface area contributed by atoms with Crippen molar-refractivity contribution in [3.05, 3.63) is 0 Å². The van der Waals surface area contributed by atoms with Gasteiger partial charge in [-0.2, -0.15) is 0 Å². The van der Waals surface area contributed by atoms with E-state index in [0.717, 1.165) is 57.8 Å². The molecule has 2 N–H and O–H groups in total. The average Bonchev–Trinajstić information content (AvgIpc) is 2.75. The number of carbonyl (C=O) groups is 2. The molecule has 0 aromatic rings. The third-order valence-electron chi connectivity index (χ3n) is 13.8. The Morgan fingerprint density at radius 1 is 0.794 bits per heavy atom. The van der Waals surface area contributed by atoms with Gasteiger partial charge in [-0.15, -0.1) is 0 Å². The van der Waals surface area contributed by atoms with Crippen LogP contribution < -0.4 is 0 Å². The second-order valence-electron chi connectivity index (χ2n) is 15.3. The molecule has 4 nitrogen and oxygen atoms in total. The molecule has 5 rings (SSSR count). The Morgan fingerprint density at radius 2 is 1.38 bits per heavy atom. The summed E-state index contributed by atoms with van der Waals surface area (Å²) in [5.41, 5.74) is -0.226. The second-order valence-corrected chi connectivity index (χ2v) is 15.3. The van der Waals surface area contributed by atoms with Crippen LogP contribution >= 0.6 is 0 Å². The largest absolute Gasteiger partial charge is 0.481 e. The van der Waals surface area contributed by atoms with Gasteiger partial charge >= 0.3 is 5.97 Å². The lowest BCUT2D eigenvalue weighted by molar-refractivity contribution is -0.262. The third kappa shape index (κ3) is 2.81. The molecule has 34 heavy (non-hydrogen) atoms. The van der Waals surface area contributed by atoms with Crippen LogP contribution in [0.5, 0.6) is 0 Å². The van der Waals surface area contributed by atoms with Crippen LogP contribution in [-0.2, 0) is 9.59 Å². The van der Waals surface area contributed by atoms with Crippen LogP contribution in [0.3, 0.4) is 0 Å². The number of carbonyl (C=O) groups excluding carboxylic acids is 1. The molecule has 192 valence electrons. The van der Waals surface area contributed by atoms with Crippen LogP contribution in [0, 0.1) is 56.2 Å². The summed E-state index contributed by atoms with van der Waals surface area (Å²) in [7, 11) is 0. The van der Waals surface area contributed by atoms with E-state index in [2.05, 4.69) is 48.5 Å². The van der Waals surface area contributed by atoms with Gasteiger partial charge in [0, 0.05) is 6.42 Å². The lowest BCUT2D eigenvalue weighted by Crippen LogP contribution is -2.69. The highest BCUT2D eigenvalue weighted by molar-refractivity contribution is 5.84. The van der Waals surface area contributed by atoms with Gasteiger partial charge in [0.25, 0.3) is 0 Å². The molecule has 0 aromatic heterocycles. The van der Waals surface area contributed by atoms with Crippen molar-refractivity contribution in [1.29, 1.82) is 0 Å². The molecule has 10 unspecified atom stereocenters. The summed E-state index contributed by atoms with van der Waals surface area (Å²) in [4.78, 5) is 25.8. The number of carboxylic acid groups (broad SMARTS) is 1. The smallest absolute Gasteiger partial charge is 0.309 e. The molecule has 0 spiro atoms. The van der Waals surface area contributed by atoms with Crippen molar-refractivity contribution in [3.8, 4) is 0 Å². The number of aliphatic hydroxyl groups excluding tert-OH is 1. The average molecular weight is 473 g/mol. The maximum Gasteiger partial charge on any atom is 0.309 e. The molecular formula is C30H48O4. The number of aliphatic hydroxyl groups is 1. The number of hydrogen-bond donors (Lipinski definition) is 2. The van der Waals surface area contributed by atoms with E-state index in [1.807, 2.05) is 0 Å². The first-order valence-electron chi connectivity index (χ1n) is 14.0. The summed E-state index contributed by atoms with van der Waals surface area (Å²) < 4.78 is 0. The predicted octanol–water partition coefficient (Wildman–Crippen LogP) is 6.49. The molecule has 0 heterocycles. The third-order valence-corrected chi connectivity index (χ3v) is 13.8. The first kappa shape index (κ1) is 24.8. The van der Waals surface area contributed by atoms with E-state index in [1.54, 1.807) is 0 Å². The minimum absolute atomic E-state index is 0.00259. The Balaban J connectivity index is 1.58. The summed E-state index contributed by atoms with van der Waals surface area (Å²) in [5.74, 6) is 0.512. The fourth-order valence-corrected chi connectivity index (χ4v) is 11.1. The Labute approximate surface area is 206 Å². The van der Waals surface area contributed by atoms with Gasteiger partial charge in [0.15, 0.2) is 5.78 Å². The molecule has 0 radical (unpaired) electrons. The molecule has 10 atom stereocenters. The first-order chi connectivity index (χ1) is 15.6. The molecule has 0 bridgehead atoms. The van der Waals surface area contributed by atoms with Crippen molar-refractivity contribution >= 4 is 11.8 Å². The fourth-order valence-electron chi connectivity index (χ4n) is 11.1. The van der Waals surface area contributed by atoms with E-state index in [-0.39, 0.29) is 44.7 Å². The van der Waals surface area contributed by atoms with Crippen molar-refractivity contribution in [2.75, 3.05) is 0 Å². The van der Waals surface area contributed by atoms with Gasteiger partial charge in [0.05, 0.1) is 5.41 Å². The fraction of sp³-hybridized carbons (Fsp3) is 0.933. The summed E-state index contributed by atoms with van der Waals surface area (Å²) in [6.07, 6.45) is 8.66. The Hall–Kier alpha value is -0.900. The van der Waals surface area contributed by atoms with Crippen molar-refractivity contribution in [2.24, 2.45) is 56.2 Å². The number of hydrogen-bond acceptors (Lipinski definition) is 3. The minimum atomic E-state index is -0.818. The molecule has 5 aliphatic carbocycles. The molecular weight excluding hydrogens is 424 g/mol. The summed E-state index contributed by atoms with van der Waals surface area (Å²) in [6, 6.07) is 0. The molecule has 5 fully saturated rings. The summed E-state index contributed by atoms with van der Waals surface area (Å²) in [5, 5.41) is 21.2. The normalized spacial score (nSPS) is 56.5. The van der Waals surface area contributed by atoms with Gasteiger partial charge in [-0.25, -0.2) is 0 Å². The predicted molar refractivity (Wildman–Crippen MR) is 133 cm³/mol. The van der Waals surface area contributed by atoms with Gasteiger partial charge in [-0.3, -0.25) is 9.59 Å². The molecule has 0 saturated heterocycles. The van der Waals surface area contributed by atoms with Crippen LogP contribution in [-0.4, -0.2) is 28.1 Å². The molecule has 4 heteroatoms. The van der Waals surface area contributed by atoms with Gasteiger partial charge in [-0.05, 0) is 109 Å².